The summed E-state index contributed by atoms with van der Waals surface area (Å²) in [5.74, 6) is -0.415. The zero-order valence-electron chi connectivity index (χ0n) is 16.4. The van der Waals surface area contributed by atoms with Gasteiger partial charge in [0, 0.05) is 13.1 Å². The Morgan fingerprint density at radius 3 is 2.36 bits per heavy atom. The van der Waals surface area contributed by atoms with Gasteiger partial charge in [0.05, 0.1) is 19.9 Å². The molecule has 1 fully saturated rings. The molecule has 6 nitrogen and oxygen atoms in total. The summed E-state index contributed by atoms with van der Waals surface area (Å²) in [6.07, 6.45) is 0. The highest BCUT2D eigenvalue weighted by molar-refractivity contribution is 6.05. The van der Waals surface area contributed by atoms with Crippen molar-refractivity contribution in [1.29, 1.82) is 0 Å². The largest absolute Gasteiger partial charge is 0.496 e. The molecule has 2 amide bonds. The van der Waals surface area contributed by atoms with Crippen LogP contribution in [-0.4, -0.2) is 50.1 Å². The van der Waals surface area contributed by atoms with Crippen LogP contribution in [-0.2, 0) is 4.79 Å². The van der Waals surface area contributed by atoms with E-state index in [-0.39, 0.29) is 36.2 Å². The van der Waals surface area contributed by atoms with Gasteiger partial charge in [-0.3, -0.25) is 9.59 Å². The lowest BCUT2D eigenvalue weighted by atomic mass is 10.1. The molecule has 1 aliphatic heterocycles. The van der Waals surface area contributed by atoms with E-state index in [1.807, 2.05) is 6.92 Å². The maximum atomic E-state index is 14.3. The van der Waals surface area contributed by atoms with Crippen LogP contribution in [0.5, 0.6) is 11.5 Å². The second-order valence-electron chi connectivity index (χ2n) is 6.66. The molecule has 0 bridgehead atoms. The first kappa shape index (κ1) is 19.7. The van der Waals surface area contributed by atoms with E-state index in [1.54, 1.807) is 37.3 Å². The minimum absolute atomic E-state index is 0.201. The van der Waals surface area contributed by atoms with E-state index >= 15 is 0 Å². The van der Waals surface area contributed by atoms with Crippen molar-refractivity contribution in [2.45, 2.75) is 19.9 Å². The summed E-state index contributed by atoms with van der Waals surface area (Å²) in [5, 5.41) is 0. The van der Waals surface area contributed by atoms with Crippen molar-refractivity contribution >= 4 is 17.5 Å². The SMILES string of the molecule is COc1cccc(OC)c1C(=O)N1CCN(c2cc(C)ccc2F)C(=O)C1C. The molecule has 3 rings (SSSR count). The molecule has 2 aromatic rings. The Balaban J connectivity index is 1.91. The summed E-state index contributed by atoms with van der Waals surface area (Å²) in [7, 11) is 2.94. The number of halogens is 1. The van der Waals surface area contributed by atoms with E-state index in [1.165, 1.54) is 30.1 Å². The van der Waals surface area contributed by atoms with Crippen LogP contribution in [0.25, 0.3) is 0 Å². The van der Waals surface area contributed by atoms with Gasteiger partial charge >= 0.3 is 0 Å². The van der Waals surface area contributed by atoms with Crippen LogP contribution < -0.4 is 14.4 Å². The predicted molar refractivity (Wildman–Crippen MR) is 104 cm³/mol. The van der Waals surface area contributed by atoms with E-state index in [4.69, 9.17) is 9.47 Å². The quantitative estimate of drug-likeness (QED) is 0.811. The molecule has 1 saturated heterocycles. The molecular formula is C21H23FN2O4. The van der Waals surface area contributed by atoms with Crippen molar-refractivity contribution in [2.75, 3.05) is 32.2 Å². The van der Waals surface area contributed by atoms with Crippen LogP contribution in [0.4, 0.5) is 10.1 Å². The number of carbonyl (C=O) groups is 2. The zero-order chi connectivity index (χ0) is 20.4. The number of carbonyl (C=O) groups excluding carboxylic acids is 2. The first-order valence-corrected chi connectivity index (χ1v) is 8.98. The highest BCUT2D eigenvalue weighted by Gasteiger charge is 2.38. The molecule has 0 radical (unpaired) electrons. The van der Waals surface area contributed by atoms with Gasteiger partial charge in [0.2, 0.25) is 5.91 Å². The molecule has 1 aliphatic rings. The number of benzene rings is 2. The summed E-state index contributed by atoms with van der Waals surface area (Å²) in [6.45, 7) is 3.94. The van der Waals surface area contributed by atoms with Gasteiger partial charge in [-0.2, -0.15) is 0 Å². The minimum Gasteiger partial charge on any atom is -0.496 e. The molecule has 7 heteroatoms. The molecule has 2 aromatic carbocycles. The summed E-state index contributed by atoms with van der Waals surface area (Å²) < 4.78 is 24.9. The predicted octanol–water partition coefficient (Wildman–Crippen LogP) is 3.03. The van der Waals surface area contributed by atoms with Crippen molar-refractivity contribution in [1.82, 2.24) is 4.90 Å². The average Bonchev–Trinajstić information content (AvgIpc) is 2.70. The van der Waals surface area contributed by atoms with Gasteiger partial charge < -0.3 is 19.3 Å². The normalized spacial score (nSPS) is 16.9. The smallest absolute Gasteiger partial charge is 0.262 e. The van der Waals surface area contributed by atoms with Crippen molar-refractivity contribution in [3.63, 3.8) is 0 Å². The maximum Gasteiger partial charge on any atom is 0.262 e. The summed E-state index contributed by atoms with van der Waals surface area (Å²) in [4.78, 5) is 29.0. The van der Waals surface area contributed by atoms with Gasteiger partial charge in [0.15, 0.2) is 0 Å². The zero-order valence-corrected chi connectivity index (χ0v) is 16.4. The number of amides is 2. The summed E-state index contributed by atoms with van der Waals surface area (Å²) >= 11 is 0. The molecule has 0 N–H and O–H groups in total. The number of rotatable bonds is 4. The Labute approximate surface area is 163 Å². The van der Waals surface area contributed by atoms with Gasteiger partial charge in [0.25, 0.3) is 5.91 Å². The summed E-state index contributed by atoms with van der Waals surface area (Å²) in [5.41, 5.74) is 1.36. The number of hydrogen-bond acceptors (Lipinski definition) is 4. The first-order chi connectivity index (χ1) is 13.4. The van der Waals surface area contributed by atoms with Crippen molar-refractivity contribution in [3.8, 4) is 11.5 Å². The van der Waals surface area contributed by atoms with E-state index in [2.05, 4.69) is 0 Å². The molecular weight excluding hydrogens is 363 g/mol. The number of nitrogens with zero attached hydrogens (tertiary/aromatic N) is 2. The van der Waals surface area contributed by atoms with Crippen LogP contribution in [0, 0.1) is 12.7 Å². The second-order valence-corrected chi connectivity index (χ2v) is 6.66. The van der Waals surface area contributed by atoms with Gasteiger partial charge in [0.1, 0.15) is 28.9 Å². The van der Waals surface area contributed by atoms with Crippen LogP contribution in [0.1, 0.15) is 22.8 Å². The summed E-state index contributed by atoms with van der Waals surface area (Å²) in [6, 6.07) is 8.94. The third kappa shape index (κ3) is 3.40. The van der Waals surface area contributed by atoms with Gasteiger partial charge in [-0.05, 0) is 43.7 Å². The van der Waals surface area contributed by atoms with E-state index < -0.39 is 11.9 Å². The number of ether oxygens (including phenoxy) is 2. The number of anilines is 1. The van der Waals surface area contributed by atoms with Crippen molar-refractivity contribution in [2.24, 2.45) is 0 Å². The molecule has 0 aromatic heterocycles. The number of aryl methyl sites for hydroxylation is 1. The Hall–Kier alpha value is -3.09. The number of methoxy groups -OCH3 is 2. The van der Waals surface area contributed by atoms with Gasteiger partial charge in [-0.15, -0.1) is 0 Å². The Morgan fingerprint density at radius 2 is 1.75 bits per heavy atom. The van der Waals surface area contributed by atoms with Crippen LogP contribution >= 0.6 is 0 Å². The number of piperazine rings is 1. The molecule has 1 unspecified atom stereocenters. The van der Waals surface area contributed by atoms with Gasteiger partial charge in [-0.25, -0.2) is 4.39 Å². The molecule has 1 heterocycles. The molecule has 148 valence electrons. The average molecular weight is 386 g/mol. The second kappa shape index (κ2) is 7.88. The fourth-order valence-electron chi connectivity index (χ4n) is 3.42. The number of hydrogen-bond donors (Lipinski definition) is 0. The molecule has 28 heavy (non-hydrogen) atoms. The van der Waals surface area contributed by atoms with Crippen LogP contribution in [0.3, 0.4) is 0 Å². The lowest BCUT2D eigenvalue weighted by molar-refractivity contribution is -0.124. The van der Waals surface area contributed by atoms with E-state index in [0.717, 1.165) is 5.56 Å². The van der Waals surface area contributed by atoms with Crippen LogP contribution in [0.2, 0.25) is 0 Å². The van der Waals surface area contributed by atoms with Crippen molar-refractivity contribution < 1.29 is 23.5 Å². The van der Waals surface area contributed by atoms with Crippen molar-refractivity contribution in [3.05, 3.63) is 53.3 Å². The fraction of sp³-hybridized carbons (Fsp3) is 0.333. The standard InChI is InChI=1S/C21H23FN2O4/c1-13-8-9-15(22)16(12-13)24-11-10-23(14(2)20(24)25)21(26)19-17(27-3)6-5-7-18(19)28-4/h5-9,12,14H,10-11H2,1-4H3. The van der Waals surface area contributed by atoms with E-state index in [9.17, 15) is 14.0 Å². The van der Waals surface area contributed by atoms with Gasteiger partial charge in [-0.1, -0.05) is 12.1 Å². The Morgan fingerprint density at radius 1 is 1.11 bits per heavy atom. The third-order valence-corrected chi connectivity index (χ3v) is 4.95. The van der Waals surface area contributed by atoms with Crippen LogP contribution in [0.15, 0.2) is 36.4 Å². The fourth-order valence-corrected chi connectivity index (χ4v) is 3.42. The highest BCUT2D eigenvalue weighted by atomic mass is 19.1. The monoisotopic (exact) mass is 386 g/mol. The minimum atomic E-state index is -0.754. The topological polar surface area (TPSA) is 59.1 Å². The molecule has 1 atom stereocenters. The molecule has 0 spiro atoms. The third-order valence-electron chi connectivity index (χ3n) is 4.95. The highest BCUT2D eigenvalue weighted by Crippen LogP contribution is 2.32. The Kier molecular flexibility index (Phi) is 5.53. The molecule has 0 aliphatic carbocycles. The Bertz CT molecular complexity index is 893. The first-order valence-electron chi connectivity index (χ1n) is 8.98. The lowest BCUT2D eigenvalue weighted by Gasteiger charge is -2.39. The lowest BCUT2D eigenvalue weighted by Crippen LogP contribution is -2.58. The molecule has 0 saturated carbocycles. The van der Waals surface area contributed by atoms with E-state index in [0.29, 0.717) is 11.5 Å². The maximum absolute atomic E-state index is 14.3.